The Kier molecular flexibility index (Phi) is 6.19. The molecule has 0 aliphatic heterocycles. The van der Waals surface area contributed by atoms with Crippen LogP contribution in [0.25, 0.3) is 0 Å². The summed E-state index contributed by atoms with van der Waals surface area (Å²) in [5.74, 6) is 0.287. The van der Waals surface area contributed by atoms with Crippen molar-refractivity contribution in [2.45, 2.75) is 13.8 Å². The maximum absolute atomic E-state index is 11.8. The second kappa shape index (κ2) is 8.13. The van der Waals surface area contributed by atoms with Crippen molar-refractivity contribution < 1.29 is 9.53 Å². The van der Waals surface area contributed by atoms with Gasteiger partial charge < -0.3 is 4.74 Å². The summed E-state index contributed by atoms with van der Waals surface area (Å²) < 4.78 is 6.27. The Balaban J connectivity index is 1.89. The van der Waals surface area contributed by atoms with Crippen LogP contribution in [0, 0.1) is 6.92 Å². The molecule has 0 radical (unpaired) electrons. The summed E-state index contributed by atoms with van der Waals surface area (Å²) in [6.07, 6.45) is 0. The fraction of sp³-hybridized carbons (Fsp3) is 0.176. The molecule has 0 saturated carbocycles. The van der Waals surface area contributed by atoms with Crippen LogP contribution in [-0.2, 0) is 4.79 Å². The van der Waals surface area contributed by atoms with E-state index >= 15 is 0 Å². The van der Waals surface area contributed by atoms with Crippen molar-refractivity contribution in [2.75, 3.05) is 6.61 Å². The summed E-state index contributed by atoms with van der Waals surface area (Å²) in [5, 5.41) is 4.71. The molecule has 6 heteroatoms. The lowest BCUT2D eigenvalue weighted by atomic mass is 10.1. The summed E-state index contributed by atoms with van der Waals surface area (Å²) in [7, 11) is 0. The molecule has 2 rings (SSSR count). The first-order valence-corrected chi connectivity index (χ1v) is 8.11. The molecule has 0 saturated heterocycles. The molecule has 4 nitrogen and oxygen atoms in total. The second-order valence-electron chi connectivity index (χ2n) is 4.96. The van der Waals surface area contributed by atoms with E-state index in [4.69, 9.17) is 16.3 Å². The standard InChI is InChI=1S/C17H16BrClN2O2/c1-11-3-8-16(15(18)9-11)23-10-17(22)21-20-12(2)13-4-6-14(19)7-5-13/h3-9H,10H2,1-2H3,(H,21,22). The van der Waals surface area contributed by atoms with E-state index in [9.17, 15) is 4.79 Å². The van der Waals surface area contributed by atoms with Crippen molar-refractivity contribution in [2.24, 2.45) is 5.10 Å². The Morgan fingerprint density at radius 1 is 1.26 bits per heavy atom. The van der Waals surface area contributed by atoms with Gasteiger partial charge in [0, 0.05) is 5.02 Å². The van der Waals surface area contributed by atoms with Crippen LogP contribution in [0.15, 0.2) is 52.0 Å². The van der Waals surface area contributed by atoms with Gasteiger partial charge in [-0.2, -0.15) is 5.10 Å². The van der Waals surface area contributed by atoms with Crippen LogP contribution in [0.4, 0.5) is 0 Å². The van der Waals surface area contributed by atoms with Gasteiger partial charge in [-0.25, -0.2) is 5.43 Å². The number of nitrogens with one attached hydrogen (secondary N) is 1. The third kappa shape index (κ3) is 5.37. The number of benzene rings is 2. The van der Waals surface area contributed by atoms with Crippen LogP contribution in [0.5, 0.6) is 5.75 Å². The lowest BCUT2D eigenvalue weighted by Gasteiger charge is -2.08. The van der Waals surface area contributed by atoms with E-state index in [0.717, 1.165) is 15.6 Å². The number of amides is 1. The monoisotopic (exact) mass is 394 g/mol. The number of ether oxygens (including phenoxy) is 1. The molecule has 1 amide bonds. The Labute approximate surface area is 148 Å². The molecule has 0 bridgehead atoms. The van der Waals surface area contributed by atoms with E-state index in [1.807, 2.05) is 37.3 Å². The van der Waals surface area contributed by atoms with Crippen molar-refractivity contribution in [3.63, 3.8) is 0 Å². The lowest BCUT2D eigenvalue weighted by molar-refractivity contribution is -0.123. The smallest absolute Gasteiger partial charge is 0.277 e. The normalized spacial score (nSPS) is 11.2. The minimum atomic E-state index is -0.328. The maximum atomic E-state index is 11.8. The van der Waals surface area contributed by atoms with E-state index in [1.54, 1.807) is 19.1 Å². The van der Waals surface area contributed by atoms with Gasteiger partial charge in [-0.3, -0.25) is 4.79 Å². The SMILES string of the molecule is CC(=NNC(=O)COc1ccc(C)cc1Br)c1ccc(Cl)cc1. The van der Waals surface area contributed by atoms with E-state index in [2.05, 4.69) is 26.5 Å². The molecule has 0 atom stereocenters. The Morgan fingerprint density at radius 2 is 1.96 bits per heavy atom. The summed E-state index contributed by atoms with van der Waals surface area (Å²) in [4.78, 5) is 11.8. The number of hydrogen-bond donors (Lipinski definition) is 1. The molecule has 0 spiro atoms. The molecular weight excluding hydrogens is 380 g/mol. The van der Waals surface area contributed by atoms with E-state index < -0.39 is 0 Å². The van der Waals surface area contributed by atoms with Gasteiger partial charge >= 0.3 is 0 Å². The fourth-order valence-corrected chi connectivity index (χ4v) is 2.53. The zero-order valence-electron chi connectivity index (χ0n) is 12.8. The van der Waals surface area contributed by atoms with Crippen molar-refractivity contribution in [3.05, 3.63) is 63.1 Å². The zero-order chi connectivity index (χ0) is 16.8. The molecule has 0 aromatic heterocycles. The van der Waals surface area contributed by atoms with Crippen LogP contribution in [0.1, 0.15) is 18.1 Å². The number of nitrogens with zero attached hydrogens (tertiary/aromatic N) is 1. The molecule has 1 N–H and O–H groups in total. The molecular formula is C17H16BrClN2O2. The number of hydrogen-bond acceptors (Lipinski definition) is 3. The minimum Gasteiger partial charge on any atom is -0.483 e. The first kappa shape index (κ1) is 17.5. The first-order chi connectivity index (χ1) is 11.0. The molecule has 2 aromatic rings. The predicted molar refractivity (Wildman–Crippen MR) is 96.2 cm³/mol. The number of carbonyl (C=O) groups excluding carboxylic acids is 1. The Morgan fingerprint density at radius 3 is 2.61 bits per heavy atom. The highest BCUT2D eigenvalue weighted by molar-refractivity contribution is 9.10. The van der Waals surface area contributed by atoms with Gasteiger partial charge in [-0.1, -0.05) is 29.8 Å². The molecule has 0 aliphatic rings. The van der Waals surface area contributed by atoms with Gasteiger partial charge in [0.25, 0.3) is 5.91 Å². The average molecular weight is 396 g/mol. The molecule has 2 aromatic carbocycles. The van der Waals surface area contributed by atoms with Crippen molar-refractivity contribution in [1.29, 1.82) is 0 Å². The van der Waals surface area contributed by atoms with Gasteiger partial charge in [0.15, 0.2) is 6.61 Å². The largest absolute Gasteiger partial charge is 0.483 e. The summed E-state index contributed by atoms with van der Waals surface area (Å²) in [6, 6.07) is 12.9. The molecule has 120 valence electrons. The highest BCUT2D eigenvalue weighted by Crippen LogP contribution is 2.25. The van der Waals surface area contributed by atoms with Gasteiger partial charge in [0.05, 0.1) is 10.2 Å². The van der Waals surface area contributed by atoms with Crippen LogP contribution in [-0.4, -0.2) is 18.2 Å². The van der Waals surface area contributed by atoms with Crippen molar-refractivity contribution in [3.8, 4) is 5.75 Å². The van der Waals surface area contributed by atoms with Gasteiger partial charge in [0.1, 0.15) is 5.75 Å². The molecule has 0 heterocycles. The Bertz CT molecular complexity index is 730. The van der Waals surface area contributed by atoms with E-state index in [1.165, 1.54) is 0 Å². The van der Waals surface area contributed by atoms with Crippen LogP contribution >= 0.6 is 27.5 Å². The topological polar surface area (TPSA) is 50.7 Å². The number of aryl methyl sites for hydroxylation is 1. The summed E-state index contributed by atoms with van der Waals surface area (Å²) in [6.45, 7) is 3.68. The minimum absolute atomic E-state index is 0.112. The van der Waals surface area contributed by atoms with Gasteiger partial charge in [-0.15, -0.1) is 0 Å². The number of halogens is 2. The van der Waals surface area contributed by atoms with Crippen molar-refractivity contribution in [1.82, 2.24) is 5.43 Å². The van der Waals surface area contributed by atoms with Crippen LogP contribution < -0.4 is 10.2 Å². The number of hydrazone groups is 1. The van der Waals surface area contributed by atoms with Gasteiger partial charge in [0.2, 0.25) is 0 Å². The summed E-state index contributed by atoms with van der Waals surface area (Å²) >= 11 is 9.24. The highest BCUT2D eigenvalue weighted by Gasteiger charge is 2.06. The molecule has 0 unspecified atom stereocenters. The quantitative estimate of drug-likeness (QED) is 0.605. The third-order valence-electron chi connectivity index (χ3n) is 3.06. The first-order valence-electron chi connectivity index (χ1n) is 6.94. The van der Waals surface area contributed by atoms with Gasteiger partial charge in [-0.05, 0) is 65.2 Å². The lowest BCUT2D eigenvalue weighted by Crippen LogP contribution is -2.25. The van der Waals surface area contributed by atoms with E-state index in [-0.39, 0.29) is 12.5 Å². The Hall–Kier alpha value is -1.85. The zero-order valence-corrected chi connectivity index (χ0v) is 15.1. The predicted octanol–water partition coefficient (Wildman–Crippen LogP) is 4.33. The van der Waals surface area contributed by atoms with Crippen LogP contribution in [0.3, 0.4) is 0 Å². The number of carbonyl (C=O) groups is 1. The molecule has 0 fully saturated rings. The molecule has 23 heavy (non-hydrogen) atoms. The maximum Gasteiger partial charge on any atom is 0.277 e. The second-order valence-corrected chi connectivity index (χ2v) is 6.25. The third-order valence-corrected chi connectivity index (χ3v) is 3.93. The molecule has 0 aliphatic carbocycles. The van der Waals surface area contributed by atoms with Crippen molar-refractivity contribution >= 4 is 39.1 Å². The summed E-state index contributed by atoms with van der Waals surface area (Å²) in [5.41, 5.74) is 5.15. The number of rotatable bonds is 5. The fourth-order valence-electron chi connectivity index (χ4n) is 1.80. The highest BCUT2D eigenvalue weighted by atomic mass is 79.9. The van der Waals surface area contributed by atoms with Crippen LogP contribution in [0.2, 0.25) is 5.02 Å². The van der Waals surface area contributed by atoms with E-state index in [0.29, 0.717) is 16.5 Å². The average Bonchev–Trinajstić information content (AvgIpc) is 2.52.